The van der Waals surface area contributed by atoms with Crippen molar-refractivity contribution in [3.05, 3.63) is 78.2 Å². The van der Waals surface area contributed by atoms with Crippen LogP contribution in [0.2, 0.25) is 0 Å². The van der Waals surface area contributed by atoms with Crippen molar-refractivity contribution in [1.29, 1.82) is 0 Å². The molecular weight excluding hydrogens is 303 g/mol. The molecule has 3 nitrogen and oxygen atoms in total. The summed E-state index contributed by atoms with van der Waals surface area (Å²) < 4.78 is 16.0. The molecule has 4 aromatic rings. The van der Waals surface area contributed by atoms with Crippen LogP contribution in [0.4, 0.5) is 10.1 Å². The molecular formula is C20H15FN2O. The van der Waals surface area contributed by atoms with Crippen LogP contribution in [0.1, 0.15) is 10.4 Å². The van der Waals surface area contributed by atoms with Crippen LogP contribution in [0.5, 0.6) is 0 Å². The van der Waals surface area contributed by atoms with Crippen LogP contribution in [-0.4, -0.2) is 10.5 Å². The van der Waals surface area contributed by atoms with E-state index in [-0.39, 0.29) is 5.56 Å². The second-order valence-electron chi connectivity index (χ2n) is 5.72. The summed E-state index contributed by atoms with van der Waals surface area (Å²) in [4.78, 5) is 12.7. The van der Waals surface area contributed by atoms with Gasteiger partial charge in [0.05, 0.1) is 5.52 Å². The number of carbonyl (C=O) groups is 1. The second kappa shape index (κ2) is 5.49. The molecule has 0 saturated heterocycles. The van der Waals surface area contributed by atoms with Crippen molar-refractivity contribution in [2.24, 2.45) is 7.05 Å². The molecule has 1 aromatic heterocycles. The SMILES string of the molecule is Cn1c(F)c(C(=O)Nc2cccc3ccccc23)c2ccccc21. The number of amides is 1. The van der Waals surface area contributed by atoms with Gasteiger partial charge < -0.3 is 9.88 Å². The molecule has 1 heterocycles. The average Bonchev–Trinajstić information content (AvgIpc) is 2.87. The summed E-state index contributed by atoms with van der Waals surface area (Å²) >= 11 is 0. The van der Waals surface area contributed by atoms with Crippen LogP contribution in [-0.2, 0) is 7.05 Å². The number of benzene rings is 3. The zero-order chi connectivity index (χ0) is 16.7. The van der Waals surface area contributed by atoms with E-state index < -0.39 is 11.9 Å². The molecule has 0 saturated carbocycles. The summed E-state index contributed by atoms with van der Waals surface area (Å²) in [5.74, 6) is -0.977. The van der Waals surface area contributed by atoms with Crippen LogP contribution in [0, 0.1) is 5.95 Å². The van der Waals surface area contributed by atoms with Crippen LogP contribution in [0.15, 0.2) is 66.7 Å². The van der Waals surface area contributed by atoms with Crippen molar-refractivity contribution in [2.45, 2.75) is 0 Å². The standard InChI is InChI=1S/C20H15FN2O/c1-23-17-12-5-4-10-15(17)18(19(23)21)20(24)22-16-11-6-8-13-7-2-3-9-14(13)16/h2-12H,1H3,(H,22,24). The maximum atomic E-state index is 14.6. The molecule has 0 fully saturated rings. The van der Waals surface area contributed by atoms with Gasteiger partial charge in [-0.3, -0.25) is 4.79 Å². The highest BCUT2D eigenvalue weighted by Crippen LogP contribution is 2.27. The monoisotopic (exact) mass is 318 g/mol. The fraction of sp³-hybridized carbons (Fsp3) is 0.0500. The number of hydrogen-bond donors (Lipinski definition) is 1. The number of hydrogen-bond acceptors (Lipinski definition) is 1. The number of aromatic nitrogens is 1. The minimum atomic E-state index is -0.533. The number of halogens is 1. The van der Waals surface area contributed by atoms with Gasteiger partial charge in [0, 0.05) is 23.5 Å². The number of nitrogens with zero attached hydrogens (tertiary/aromatic N) is 1. The summed E-state index contributed by atoms with van der Waals surface area (Å²) in [5.41, 5.74) is 1.43. The Balaban J connectivity index is 1.81. The fourth-order valence-electron chi connectivity index (χ4n) is 3.10. The van der Waals surface area contributed by atoms with Crippen LogP contribution >= 0.6 is 0 Å². The third kappa shape index (κ3) is 2.15. The van der Waals surface area contributed by atoms with E-state index >= 15 is 0 Å². The molecule has 0 spiro atoms. The molecule has 0 unspecified atom stereocenters. The van der Waals surface area contributed by atoms with Crippen molar-refractivity contribution in [3.63, 3.8) is 0 Å². The summed E-state index contributed by atoms with van der Waals surface area (Å²) in [6, 6.07) is 20.6. The summed E-state index contributed by atoms with van der Waals surface area (Å²) in [6.45, 7) is 0. The van der Waals surface area contributed by atoms with Crippen molar-refractivity contribution in [3.8, 4) is 0 Å². The lowest BCUT2D eigenvalue weighted by molar-refractivity contribution is 0.102. The summed E-state index contributed by atoms with van der Waals surface area (Å²) in [6.07, 6.45) is 0. The zero-order valence-corrected chi connectivity index (χ0v) is 13.1. The topological polar surface area (TPSA) is 34.0 Å². The van der Waals surface area contributed by atoms with E-state index in [0.29, 0.717) is 16.6 Å². The third-order valence-corrected chi connectivity index (χ3v) is 4.30. The Hall–Kier alpha value is -3.14. The van der Waals surface area contributed by atoms with E-state index in [9.17, 15) is 9.18 Å². The summed E-state index contributed by atoms with van der Waals surface area (Å²) in [5, 5.41) is 5.41. The number of aryl methyl sites for hydroxylation is 1. The van der Waals surface area contributed by atoms with Crippen LogP contribution in [0.25, 0.3) is 21.7 Å². The minimum Gasteiger partial charge on any atom is -0.321 e. The van der Waals surface area contributed by atoms with Crippen molar-refractivity contribution >= 4 is 33.3 Å². The molecule has 4 heteroatoms. The molecule has 0 aliphatic carbocycles. The van der Waals surface area contributed by atoms with Gasteiger partial charge in [0.2, 0.25) is 5.95 Å². The molecule has 0 radical (unpaired) electrons. The van der Waals surface area contributed by atoms with Crippen molar-refractivity contribution in [2.75, 3.05) is 5.32 Å². The van der Waals surface area contributed by atoms with Gasteiger partial charge in [0.1, 0.15) is 5.56 Å². The maximum Gasteiger partial charge on any atom is 0.260 e. The lowest BCUT2D eigenvalue weighted by Crippen LogP contribution is -2.14. The lowest BCUT2D eigenvalue weighted by atomic mass is 10.1. The highest BCUT2D eigenvalue weighted by molar-refractivity contribution is 6.15. The molecule has 24 heavy (non-hydrogen) atoms. The van der Waals surface area contributed by atoms with E-state index in [1.807, 2.05) is 48.5 Å². The van der Waals surface area contributed by atoms with Gasteiger partial charge in [-0.1, -0.05) is 54.6 Å². The Kier molecular flexibility index (Phi) is 3.31. The van der Waals surface area contributed by atoms with Crippen LogP contribution < -0.4 is 5.32 Å². The number of fused-ring (bicyclic) bond motifs is 2. The van der Waals surface area contributed by atoms with Crippen LogP contribution in [0.3, 0.4) is 0 Å². The van der Waals surface area contributed by atoms with E-state index in [2.05, 4.69) is 5.32 Å². The number of anilines is 1. The minimum absolute atomic E-state index is 0.0704. The van der Waals surface area contributed by atoms with Crippen molar-refractivity contribution in [1.82, 2.24) is 4.57 Å². The van der Waals surface area contributed by atoms with Gasteiger partial charge in [-0.25, -0.2) is 0 Å². The molecule has 3 aromatic carbocycles. The zero-order valence-electron chi connectivity index (χ0n) is 13.1. The maximum absolute atomic E-state index is 14.6. The van der Waals surface area contributed by atoms with Gasteiger partial charge in [0.25, 0.3) is 5.91 Å². The number of para-hydroxylation sites is 1. The number of nitrogens with one attached hydrogen (secondary N) is 1. The van der Waals surface area contributed by atoms with E-state index in [4.69, 9.17) is 0 Å². The smallest absolute Gasteiger partial charge is 0.260 e. The third-order valence-electron chi connectivity index (χ3n) is 4.30. The van der Waals surface area contributed by atoms with Gasteiger partial charge in [0.15, 0.2) is 0 Å². The first kappa shape index (κ1) is 14.5. The summed E-state index contributed by atoms with van der Waals surface area (Å²) in [7, 11) is 1.62. The van der Waals surface area contributed by atoms with Gasteiger partial charge >= 0.3 is 0 Å². The van der Waals surface area contributed by atoms with Gasteiger partial charge in [-0.2, -0.15) is 4.39 Å². The highest BCUT2D eigenvalue weighted by atomic mass is 19.1. The molecule has 0 atom stereocenters. The fourth-order valence-corrected chi connectivity index (χ4v) is 3.10. The first-order valence-electron chi connectivity index (χ1n) is 7.69. The Labute approximate surface area is 138 Å². The van der Waals surface area contributed by atoms with E-state index in [0.717, 1.165) is 10.8 Å². The molecule has 0 bridgehead atoms. The number of rotatable bonds is 2. The van der Waals surface area contributed by atoms with Gasteiger partial charge in [-0.05, 0) is 17.5 Å². The molecule has 1 N–H and O–H groups in total. The molecule has 1 amide bonds. The first-order chi connectivity index (χ1) is 11.7. The molecule has 4 rings (SSSR count). The average molecular weight is 318 g/mol. The predicted molar refractivity (Wildman–Crippen MR) is 94.8 cm³/mol. The quantitative estimate of drug-likeness (QED) is 0.570. The Morgan fingerprint density at radius 1 is 0.917 bits per heavy atom. The van der Waals surface area contributed by atoms with Crippen molar-refractivity contribution < 1.29 is 9.18 Å². The normalized spacial score (nSPS) is 11.1. The number of carbonyl (C=O) groups excluding carboxylic acids is 1. The molecule has 0 aliphatic rings. The molecule has 0 aliphatic heterocycles. The second-order valence-corrected chi connectivity index (χ2v) is 5.72. The Bertz CT molecular complexity index is 1080. The van der Waals surface area contributed by atoms with E-state index in [1.54, 1.807) is 25.2 Å². The highest BCUT2D eigenvalue weighted by Gasteiger charge is 2.21. The Morgan fingerprint density at radius 3 is 2.42 bits per heavy atom. The van der Waals surface area contributed by atoms with Gasteiger partial charge in [-0.15, -0.1) is 0 Å². The predicted octanol–water partition coefficient (Wildman–Crippen LogP) is 4.72. The van der Waals surface area contributed by atoms with E-state index in [1.165, 1.54) is 4.57 Å². The largest absolute Gasteiger partial charge is 0.321 e. The Morgan fingerprint density at radius 2 is 1.58 bits per heavy atom. The lowest BCUT2D eigenvalue weighted by Gasteiger charge is -2.08. The first-order valence-corrected chi connectivity index (χ1v) is 7.69. The molecule has 118 valence electrons.